The molecule has 0 aromatic heterocycles. The Balaban J connectivity index is 1.67. The Labute approximate surface area is 169 Å². The molecule has 3 aromatic carbocycles. The molecule has 3 aromatic rings. The fraction of sp³-hybridized carbons (Fsp3) is 0.130. The molecule has 0 saturated heterocycles. The van der Waals surface area contributed by atoms with E-state index in [9.17, 15) is 4.79 Å². The van der Waals surface area contributed by atoms with Gasteiger partial charge in [-0.15, -0.1) is 0 Å². The highest BCUT2D eigenvalue weighted by Gasteiger charge is 2.09. The van der Waals surface area contributed by atoms with Crippen LogP contribution >= 0.6 is 0 Å². The fourth-order valence-corrected chi connectivity index (χ4v) is 2.62. The van der Waals surface area contributed by atoms with Crippen LogP contribution in [0.5, 0.6) is 17.2 Å². The summed E-state index contributed by atoms with van der Waals surface area (Å²) in [5.41, 5.74) is 4.72. The highest BCUT2D eigenvalue weighted by Crippen LogP contribution is 2.22. The van der Waals surface area contributed by atoms with Gasteiger partial charge in [-0.3, -0.25) is 4.79 Å². The van der Waals surface area contributed by atoms with Gasteiger partial charge in [-0.1, -0.05) is 42.5 Å². The zero-order valence-corrected chi connectivity index (χ0v) is 16.3. The van der Waals surface area contributed by atoms with Crippen molar-refractivity contribution >= 4 is 12.1 Å². The maximum atomic E-state index is 12.4. The minimum Gasteiger partial charge on any atom is -0.497 e. The van der Waals surface area contributed by atoms with Gasteiger partial charge in [0.2, 0.25) is 0 Å². The molecule has 0 atom stereocenters. The summed E-state index contributed by atoms with van der Waals surface area (Å²) in [7, 11) is 3.06. The molecule has 3 rings (SSSR count). The van der Waals surface area contributed by atoms with Gasteiger partial charge in [-0.05, 0) is 29.8 Å². The fourth-order valence-electron chi connectivity index (χ4n) is 2.62. The van der Waals surface area contributed by atoms with E-state index < -0.39 is 0 Å². The van der Waals surface area contributed by atoms with Crippen LogP contribution in [0.3, 0.4) is 0 Å². The lowest BCUT2D eigenvalue weighted by Gasteiger charge is -2.09. The normalized spacial score (nSPS) is 10.6. The van der Waals surface area contributed by atoms with Crippen LogP contribution in [-0.4, -0.2) is 26.3 Å². The third-order valence-electron chi connectivity index (χ3n) is 4.14. The van der Waals surface area contributed by atoms with Gasteiger partial charge < -0.3 is 14.2 Å². The van der Waals surface area contributed by atoms with Crippen LogP contribution in [0.25, 0.3) is 0 Å². The molecule has 0 spiro atoms. The molecule has 0 saturated carbocycles. The predicted molar refractivity (Wildman–Crippen MR) is 112 cm³/mol. The molecule has 1 N–H and O–H groups in total. The lowest BCUT2D eigenvalue weighted by Crippen LogP contribution is -2.17. The van der Waals surface area contributed by atoms with Gasteiger partial charge in [0.05, 0.1) is 20.4 Å². The number of nitrogens with one attached hydrogen (secondary N) is 1. The number of amides is 1. The smallest absolute Gasteiger partial charge is 0.271 e. The van der Waals surface area contributed by atoms with Crippen LogP contribution in [0, 0.1) is 0 Å². The second-order valence-corrected chi connectivity index (χ2v) is 6.11. The molecule has 6 heteroatoms. The third kappa shape index (κ3) is 5.59. The minimum atomic E-state index is -0.374. The van der Waals surface area contributed by atoms with Crippen LogP contribution in [0.15, 0.2) is 77.9 Å². The van der Waals surface area contributed by atoms with E-state index in [1.165, 1.54) is 14.2 Å². The van der Waals surface area contributed by atoms with E-state index in [1.54, 1.807) is 24.4 Å². The predicted octanol–water partition coefficient (Wildman–Crippen LogP) is 4.05. The van der Waals surface area contributed by atoms with Crippen molar-refractivity contribution < 1.29 is 19.0 Å². The van der Waals surface area contributed by atoms with Crippen molar-refractivity contribution in [2.75, 3.05) is 14.2 Å². The number of para-hydroxylation sites is 1. The Bertz CT molecular complexity index is 965. The van der Waals surface area contributed by atoms with Gasteiger partial charge in [-0.25, -0.2) is 5.43 Å². The Morgan fingerprint density at radius 2 is 1.59 bits per heavy atom. The Kier molecular flexibility index (Phi) is 6.84. The van der Waals surface area contributed by atoms with Gasteiger partial charge in [-0.2, -0.15) is 5.10 Å². The summed E-state index contributed by atoms with van der Waals surface area (Å²) in [6.45, 7) is 0.446. The van der Waals surface area contributed by atoms with E-state index in [2.05, 4.69) is 10.5 Å². The van der Waals surface area contributed by atoms with Crippen molar-refractivity contribution in [2.24, 2.45) is 5.10 Å². The van der Waals surface area contributed by atoms with Crippen LogP contribution in [0.2, 0.25) is 0 Å². The summed E-state index contributed by atoms with van der Waals surface area (Å²) < 4.78 is 16.3. The SMILES string of the molecule is COc1cc(OC)cc(C(=O)N/N=C\c2ccccc2OCc2ccccc2)c1. The van der Waals surface area contributed by atoms with Crippen LogP contribution in [0.4, 0.5) is 0 Å². The van der Waals surface area contributed by atoms with E-state index in [-0.39, 0.29) is 5.91 Å². The standard InChI is InChI=1S/C23H22N2O4/c1-27-20-12-19(13-21(14-20)28-2)23(26)25-24-15-18-10-6-7-11-22(18)29-16-17-8-4-3-5-9-17/h3-15H,16H2,1-2H3,(H,25,26)/b24-15-. The molecule has 29 heavy (non-hydrogen) atoms. The Hall–Kier alpha value is -3.80. The molecule has 0 fully saturated rings. The number of benzene rings is 3. The van der Waals surface area contributed by atoms with Crippen molar-refractivity contribution in [3.8, 4) is 17.2 Å². The maximum Gasteiger partial charge on any atom is 0.271 e. The average Bonchev–Trinajstić information content (AvgIpc) is 2.78. The molecule has 148 valence electrons. The van der Waals surface area contributed by atoms with Crippen LogP contribution in [0.1, 0.15) is 21.5 Å². The van der Waals surface area contributed by atoms with E-state index in [0.717, 1.165) is 11.1 Å². The van der Waals surface area contributed by atoms with E-state index in [1.807, 2.05) is 54.6 Å². The minimum absolute atomic E-state index is 0.374. The lowest BCUT2D eigenvalue weighted by molar-refractivity contribution is 0.0954. The van der Waals surface area contributed by atoms with Gasteiger partial charge in [0.15, 0.2) is 0 Å². The molecule has 0 unspecified atom stereocenters. The summed E-state index contributed by atoms with van der Waals surface area (Å²) in [5.74, 6) is 1.36. The molecule has 1 amide bonds. The zero-order valence-electron chi connectivity index (χ0n) is 16.3. The second-order valence-electron chi connectivity index (χ2n) is 6.11. The molecule has 0 aliphatic carbocycles. The monoisotopic (exact) mass is 390 g/mol. The highest BCUT2D eigenvalue weighted by molar-refractivity contribution is 5.96. The summed E-state index contributed by atoms with van der Waals surface area (Å²) in [6, 6.07) is 22.3. The van der Waals surface area contributed by atoms with Gasteiger partial charge in [0.25, 0.3) is 5.91 Å². The number of ether oxygens (including phenoxy) is 3. The van der Waals surface area contributed by atoms with E-state index >= 15 is 0 Å². The zero-order chi connectivity index (χ0) is 20.5. The molecule has 0 bridgehead atoms. The van der Waals surface area contributed by atoms with Gasteiger partial charge >= 0.3 is 0 Å². The van der Waals surface area contributed by atoms with E-state index in [4.69, 9.17) is 14.2 Å². The summed E-state index contributed by atoms with van der Waals surface area (Å²) >= 11 is 0. The molecule has 0 radical (unpaired) electrons. The summed E-state index contributed by atoms with van der Waals surface area (Å²) in [6.07, 6.45) is 1.55. The van der Waals surface area contributed by atoms with E-state index in [0.29, 0.717) is 29.4 Å². The maximum absolute atomic E-state index is 12.4. The average molecular weight is 390 g/mol. The van der Waals surface area contributed by atoms with Gasteiger partial charge in [0, 0.05) is 17.2 Å². The number of rotatable bonds is 8. The Morgan fingerprint density at radius 1 is 0.931 bits per heavy atom. The first-order chi connectivity index (χ1) is 14.2. The first-order valence-corrected chi connectivity index (χ1v) is 9.02. The number of carbonyl (C=O) groups excluding carboxylic acids is 1. The first-order valence-electron chi connectivity index (χ1n) is 9.02. The highest BCUT2D eigenvalue weighted by atomic mass is 16.5. The van der Waals surface area contributed by atoms with Crippen LogP contribution < -0.4 is 19.6 Å². The second kappa shape index (κ2) is 9.94. The quantitative estimate of drug-likeness (QED) is 0.465. The molecule has 0 aliphatic rings. The molecular weight excluding hydrogens is 368 g/mol. The van der Waals surface area contributed by atoms with Crippen molar-refractivity contribution in [2.45, 2.75) is 6.61 Å². The number of hydrogen-bond donors (Lipinski definition) is 1. The first kappa shape index (κ1) is 19.9. The third-order valence-corrected chi connectivity index (χ3v) is 4.14. The molecule has 0 aliphatic heterocycles. The molecule has 0 heterocycles. The van der Waals surface area contributed by atoms with Crippen molar-refractivity contribution in [3.63, 3.8) is 0 Å². The number of hydrogen-bond acceptors (Lipinski definition) is 5. The van der Waals surface area contributed by atoms with Crippen molar-refractivity contribution in [3.05, 3.63) is 89.5 Å². The number of carbonyl (C=O) groups is 1. The summed E-state index contributed by atoms with van der Waals surface area (Å²) in [4.78, 5) is 12.4. The van der Waals surface area contributed by atoms with Gasteiger partial charge in [0.1, 0.15) is 23.9 Å². The topological polar surface area (TPSA) is 69.2 Å². The summed E-state index contributed by atoms with van der Waals surface area (Å²) in [5, 5.41) is 4.06. The number of methoxy groups -OCH3 is 2. The Morgan fingerprint density at radius 3 is 2.28 bits per heavy atom. The van der Waals surface area contributed by atoms with Crippen molar-refractivity contribution in [1.29, 1.82) is 0 Å². The lowest BCUT2D eigenvalue weighted by atomic mass is 10.2. The van der Waals surface area contributed by atoms with Crippen LogP contribution in [-0.2, 0) is 6.61 Å². The molecular formula is C23H22N2O4. The number of hydrazone groups is 1. The largest absolute Gasteiger partial charge is 0.497 e. The number of nitrogens with zero attached hydrogens (tertiary/aromatic N) is 1. The molecule has 6 nitrogen and oxygen atoms in total. The van der Waals surface area contributed by atoms with Crippen molar-refractivity contribution in [1.82, 2.24) is 5.43 Å².